The van der Waals surface area contributed by atoms with E-state index in [1.54, 1.807) is 6.07 Å². The van der Waals surface area contributed by atoms with Crippen LogP contribution >= 0.6 is 0 Å². The Morgan fingerprint density at radius 1 is 1.32 bits per heavy atom. The molecule has 2 aromatic rings. The van der Waals surface area contributed by atoms with Gasteiger partial charge in [-0.25, -0.2) is 0 Å². The van der Waals surface area contributed by atoms with Crippen molar-refractivity contribution in [3.8, 4) is 17.1 Å². The van der Waals surface area contributed by atoms with E-state index in [-0.39, 0.29) is 23.2 Å². The lowest BCUT2D eigenvalue weighted by molar-refractivity contribution is -0.274. The number of benzene rings is 1. The van der Waals surface area contributed by atoms with Crippen LogP contribution in [0.5, 0.6) is 5.75 Å². The fourth-order valence-corrected chi connectivity index (χ4v) is 2.57. The number of ether oxygens (including phenoxy) is 1. The third kappa shape index (κ3) is 3.06. The minimum Gasteiger partial charge on any atom is -0.405 e. The molecule has 0 saturated carbocycles. The molecule has 0 N–H and O–H groups in total. The Morgan fingerprint density at radius 3 is 2.77 bits per heavy atom. The Kier molecular flexibility index (Phi) is 3.78. The Bertz CT molecular complexity index is 657. The van der Waals surface area contributed by atoms with Crippen LogP contribution in [0.1, 0.15) is 24.8 Å². The fraction of sp³-hybridized carbons (Fsp3) is 0.429. The van der Waals surface area contributed by atoms with Gasteiger partial charge in [-0.3, -0.25) is 4.90 Å². The first-order valence-corrected chi connectivity index (χ1v) is 6.83. The van der Waals surface area contributed by atoms with Crippen molar-refractivity contribution in [3.05, 3.63) is 30.2 Å². The molecule has 118 valence electrons. The number of nitrogens with zero attached hydrogens (tertiary/aromatic N) is 3. The molecule has 5 nitrogen and oxygen atoms in total. The molecule has 0 spiro atoms. The Labute approximate surface area is 124 Å². The largest absolute Gasteiger partial charge is 0.573 e. The summed E-state index contributed by atoms with van der Waals surface area (Å²) in [6.07, 6.45) is -2.86. The van der Waals surface area contributed by atoms with Crippen LogP contribution in [0.25, 0.3) is 11.4 Å². The average molecular weight is 313 g/mol. The van der Waals surface area contributed by atoms with Gasteiger partial charge in [0, 0.05) is 0 Å². The predicted molar refractivity (Wildman–Crippen MR) is 71.0 cm³/mol. The van der Waals surface area contributed by atoms with E-state index in [9.17, 15) is 13.2 Å². The molecule has 1 aromatic heterocycles. The van der Waals surface area contributed by atoms with Crippen LogP contribution < -0.4 is 4.74 Å². The molecule has 1 aliphatic heterocycles. The van der Waals surface area contributed by atoms with Crippen LogP contribution in [0.3, 0.4) is 0 Å². The molecular weight excluding hydrogens is 299 g/mol. The second kappa shape index (κ2) is 5.60. The first-order valence-electron chi connectivity index (χ1n) is 6.83. The third-order valence-corrected chi connectivity index (χ3v) is 3.60. The Morgan fingerprint density at radius 2 is 2.09 bits per heavy atom. The van der Waals surface area contributed by atoms with Gasteiger partial charge in [-0.05, 0) is 38.6 Å². The van der Waals surface area contributed by atoms with Gasteiger partial charge in [0.2, 0.25) is 11.7 Å². The van der Waals surface area contributed by atoms with Gasteiger partial charge in [0.1, 0.15) is 5.75 Å². The van der Waals surface area contributed by atoms with Crippen LogP contribution in [0.4, 0.5) is 13.2 Å². The maximum Gasteiger partial charge on any atom is 0.573 e. The SMILES string of the molecule is CN1CCCC1c1nc(-c2ccccc2OC(F)(F)F)no1. The summed E-state index contributed by atoms with van der Waals surface area (Å²) in [5.74, 6) is 0.161. The summed E-state index contributed by atoms with van der Waals surface area (Å²) in [4.78, 5) is 6.32. The van der Waals surface area contributed by atoms with Crippen molar-refractivity contribution < 1.29 is 22.4 Å². The van der Waals surface area contributed by atoms with E-state index in [1.807, 2.05) is 7.05 Å². The van der Waals surface area contributed by atoms with Gasteiger partial charge in [0.25, 0.3) is 0 Å². The number of hydrogen-bond donors (Lipinski definition) is 0. The Balaban J connectivity index is 1.90. The van der Waals surface area contributed by atoms with E-state index >= 15 is 0 Å². The number of para-hydroxylation sites is 1. The number of hydrogen-bond acceptors (Lipinski definition) is 5. The lowest BCUT2D eigenvalue weighted by atomic mass is 10.2. The highest BCUT2D eigenvalue weighted by atomic mass is 19.4. The molecule has 2 heterocycles. The van der Waals surface area contributed by atoms with Gasteiger partial charge in [-0.2, -0.15) is 4.98 Å². The number of halogens is 3. The maximum absolute atomic E-state index is 12.4. The second-order valence-electron chi connectivity index (χ2n) is 5.14. The zero-order valence-corrected chi connectivity index (χ0v) is 11.8. The van der Waals surface area contributed by atoms with Gasteiger partial charge < -0.3 is 9.26 Å². The summed E-state index contributed by atoms with van der Waals surface area (Å²) in [6, 6.07) is 5.75. The van der Waals surface area contributed by atoms with E-state index in [0.717, 1.165) is 19.4 Å². The van der Waals surface area contributed by atoms with Crippen molar-refractivity contribution in [2.75, 3.05) is 13.6 Å². The summed E-state index contributed by atoms with van der Waals surface area (Å²) in [5, 5.41) is 3.80. The third-order valence-electron chi connectivity index (χ3n) is 3.60. The van der Waals surface area contributed by atoms with E-state index in [4.69, 9.17) is 4.52 Å². The second-order valence-corrected chi connectivity index (χ2v) is 5.14. The summed E-state index contributed by atoms with van der Waals surface area (Å²) < 4.78 is 46.6. The number of aromatic nitrogens is 2. The molecule has 8 heteroatoms. The zero-order valence-electron chi connectivity index (χ0n) is 11.8. The predicted octanol–water partition coefficient (Wildman–Crippen LogP) is 3.40. The van der Waals surface area contributed by atoms with Crippen LogP contribution in [0.2, 0.25) is 0 Å². The first-order chi connectivity index (χ1) is 10.4. The van der Waals surface area contributed by atoms with Crippen molar-refractivity contribution >= 4 is 0 Å². The molecule has 1 atom stereocenters. The summed E-state index contributed by atoms with van der Waals surface area (Å²) in [7, 11) is 1.95. The molecule has 3 rings (SSSR count). The fourth-order valence-electron chi connectivity index (χ4n) is 2.57. The van der Waals surface area contributed by atoms with Crippen molar-refractivity contribution in [1.82, 2.24) is 15.0 Å². The lowest BCUT2D eigenvalue weighted by Crippen LogP contribution is -2.18. The molecule has 1 saturated heterocycles. The smallest absolute Gasteiger partial charge is 0.405 e. The van der Waals surface area contributed by atoms with E-state index in [1.165, 1.54) is 18.2 Å². The highest BCUT2D eigenvalue weighted by Gasteiger charge is 2.33. The molecule has 0 amide bonds. The van der Waals surface area contributed by atoms with Crippen LogP contribution in [-0.4, -0.2) is 35.0 Å². The van der Waals surface area contributed by atoms with E-state index in [2.05, 4.69) is 19.8 Å². The number of rotatable bonds is 3. The topological polar surface area (TPSA) is 51.4 Å². The first kappa shape index (κ1) is 14.8. The molecule has 1 unspecified atom stereocenters. The number of alkyl halides is 3. The quantitative estimate of drug-likeness (QED) is 0.869. The maximum atomic E-state index is 12.4. The van der Waals surface area contributed by atoms with Crippen molar-refractivity contribution in [3.63, 3.8) is 0 Å². The van der Waals surface area contributed by atoms with E-state index < -0.39 is 6.36 Å². The highest BCUT2D eigenvalue weighted by molar-refractivity contribution is 5.63. The summed E-state index contributed by atoms with van der Waals surface area (Å²) >= 11 is 0. The van der Waals surface area contributed by atoms with Gasteiger partial charge in [0.15, 0.2) is 0 Å². The monoisotopic (exact) mass is 313 g/mol. The standard InChI is InChI=1S/C14H14F3N3O2/c1-20-8-4-6-10(20)13-18-12(19-22-13)9-5-2-3-7-11(9)21-14(15,16)17/h2-3,5,7,10H,4,6,8H2,1H3. The van der Waals surface area contributed by atoms with Crippen molar-refractivity contribution in [2.24, 2.45) is 0 Å². The average Bonchev–Trinajstić information content (AvgIpc) is 3.06. The van der Waals surface area contributed by atoms with Crippen LogP contribution in [0, 0.1) is 0 Å². The van der Waals surface area contributed by atoms with Gasteiger partial charge in [-0.15, -0.1) is 13.2 Å². The molecular formula is C14H14F3N3O2. The van der Waals surface area contributed by atoms with Crippen molar-refractivity contribution in [2.45, 2.75) is 25.2 Å². The molecule has 0 radical (unpaired) electrons. The van der Waals surface area contributed by atoms with Crippen molar-refractivity contribution in [1.29, 1.82) is 0 Å². The molecule has 22 heavy (non-hydrogen) atoms. The molecule has 0 aliphatic carbocycles. The normalized spacial score (nSPS) is 19.5. The van der Waals surface area contributed by atoms with Gasteiger partial charge in [0.05, 0.1) is 11.6 Å². The lowest BCUT2D eigenvalue weighted by Gasteiger charge is -2.14. The minimum absolute atomic E-state index is 0.0111. The molecule has 0 bridgehead atoms. The minimum atomic E-state index is -4.77. The highest BCUT2D eigenvalue weighted by Crippen LogP contribution is 2.34. The molecule has 1 aromatic carbocycles. The van der Waals surface area contributed by atoms with Gasteiger partial charge >= 0.3 is 6.36 Å². The van der Waals surface area contributed by atoms with Gasteiger partial charge in [-0.1, -0.05) is 17.3 Å². The number of likely N-dealkylation sites (tertiary alicyclic amines) is 1. The van der Waals surface area contributed by atoms with E-state index in [0.29, 0.717) is 5.89 Å². The summed E-state index contributed by atoms with van der Waals surface area (Å²) in [5.41, 5.74) is 0.149. The Hall–Kier alpha value is -2.09. The zero-order chi connectivity index (χ0) is 15.7. The van der Waals surface area contributed by atoms with Crippen LogP contribution in [0.15, 0.2) is 28.8 Å². The summed E-state index contributed by atoms with van der Waals surface area (Å²) in [6.45, 7) is 0.927. The molecule has 1 fully saturated rings. The van der Waals surface area contributed by atoms with Crippen LogP contribution in [-0.2, 0) is 0 Å². The molecule has 1 aliphatic rings.